The number of nitrogens with zero attached hydrogens (tertiary/aromatic N) is 3. The molecule has 2 unspecified atom stereocenters. The summed E-state index contributed by atoms with van der Waals surface area (Å²) >= 11 is 7.40. The Kier molecular flexibility index (Phi) is 6.32. The molecule has 2 aromatic rings. The Balaban J connectivity index is 1.25. The number of carbonyl (C=O) groups is 2. The molecule has 4 heterocycles. The molecule has 0 bridgehead atoms. The Morgan fingerprint density at radius 2 is 1.97 bits per heavy atom. The van der Waals surface area contributed by atoms with Gasteiger partial charge in [-0.15, -0.1) is 23.4 Å². The lowest BCUT2D eigenvalue weighted by atomic mass is 9.96. The van der Waals surface area contributed by atoms with E-state index >= 15 is 0 Å². The molecule has 172 valence electrons. The molecule has 0 aliphatic carbocycles. The quantitative estimate of drug-likeness (QED) is 0.624. The SMILES string of the molecule is O=C(Nc1cccc2c1C(O)N(CC1CCN(c3ccncc3)CC1)C2=O)C1=CCC(Cl)S1. The van der Waals surface area contributed by atoms with Crippen LogP contribution < -0.4 is 10.2 Å². The third-order valence-corrected chi connectivity index (χ3v) is 7.96. The standard InChI is InChI=1S/C24H25ClN4O3S/c25-20-5-4-19(33-20)22(30)27-18-3-1-2-17-21(18)24(32)29(23(17)31)14-15-8-12-28(13-9-15)16-6-10-26-11-7-16/h1-4,6-7,10-11,15,20,24,32H,5,8-9,12-14H2,(H,27,30). The minimum Gasteiger partial charge on any atom is -0.371 e. The van der Waals surface area contributed by atoms with Gasteiger partial charge in [0, 0.05) is 54.5 Å². The Morgan fingerprint density at radius 3 is 2.67 bits per heavy atom. The van der Waals surface area contributed by atoms with Crippen LogP contribution in [0.3, 0.4) is 0 Å². The molecular weight excluding hydrogens is 460 g/mol. The van der Waals surface area contributed by atoms with E-state index in [1.165, 1.54) is 16.7 Å². The summed E-state index contributed by atoms with van der Waals surface area (Å²) in [5, 5.41) is 13.9. The highest BCUT2D eigenvalue weighted by Crippen LogP contribution is 2.40. The normalized spacial score (nSPS) is 23.0. The second-order valence-electron chi connectivity index (χ2n) is 8.52. The van der Waals surface area contributed by atoms with Gasteiger partial charge in [0.15, 0.2) is 6.23 Å². The van der Waals surface area contributed by atoms with Crippen molar-refractivity contribution in [2.45, 2.75) is 30.2 Å². The molecule has 2 atom stereocenters. The van der Waals surface area contributed by atoms with Gasteiger partial charge in [0.1, 0.15) is 0 Å². The zero-order valence-corrected chi connectivity index (χ0v) is 19.6. The predicted octanol–water partition coefficient (Wildman–Crippen LogP) is 3.97. The van der Waals surface area contributed by atoms with E-state index in [1.54, 1.807) is 30.6 Å². The van der Waals surface area contributed by atoms with Crippen LogP contribution in [0.2, 0.25) is 0 Å². The van der Waals surface area contributed by atoms with Crippen LogP contribution in [-0.4, -0.2) is 51.1 Å². The van der Waals surface area contributed by atoms with Crippen molar-refractivity contribution < 1.29 is 14.7 Å². The topological polar surface area (TPSA) is 85.8 Å². The number of hydrogen-bond donors (Lipinski definition) is 2. The van der Waals surface area contributed by atoms with Gasteiger partial charge in [0.25, 0.3) is 11.8 Å². The van der Waals surface area contributed by atoms with Crippen LogP contribution in [0.25, 0.3) is 0 Å². The van der Waals surface area contributed by atoms with E-state index in [0.29, 0.717) is 40.6 Å². The summed E-state index contributed by atoms with van der Waals surface area (Å²) in [5.74, 6) is -0.159. The number of alkyl halides is 1. The molecule has 33 heavy (non-hydrogen) atoms. The Bertz CT molecular complexity index is 1090. The van der Waals surface area contributed by atoms with Crippen molar-refractivity contribution in [1.29, 1.82) is 0 Å². The van der Waals surface area contributed by atoms with E-state index in [9.17, 15) is 14.7 Å². The van der Waals surface area contributed by atoms with Crippen molar-refractivity contribution in [3.63, 3.8) is 0 Å². The Morgan fingerprint density at radius 1 is 1.21 bits per heavy atom. The summed E-state index contributed by atoms with van der Waals surface area (Å²) < 4.78 is -0.139. The number of anilines is 2. The number of halogens is 1. The summed E-state index contributed by atoms with van der Waals surface area (Å²) in [5.41, 5.74) is 2.53. The minimum atomic E-state index is -1.08. The molecule has 1 aromatic carbocycles. The smallest absolute Gasteiger partial charge is 0.261 e. The fourth-order valence-electron chi connectivity index (χ4n) is 4.71. The highest BCUT2D eigenvalue weighted by molar-refractivity contribution is 8.05. The Labute approximate surface area is 201 Å². The third kappa shape index (κ3) is 4.47. The highest BCUT2D eigenvalue weighted by Gasteiger charge is 2.39. The monoisotopic (exact) mass is 484 g/mol. The second kappa shape index (κ2) is 9.37. The first-order valence-corrected chi connectivity index (χ1v) is 12.4. The third-order valence-electron chi connectivity index (χ3n) is 6.46. The molecule has 0 radical (unpaired) electrons. The summed E-state index contributed by atoms with van der Waals surface area (Å²) in [6.07, 6.45) is 6.83. The van der Waals surface area contributed by atoms with Crippen molar-refractivity contribution in [2.75, 3.05) is 29.9 Å². The maximum Gasteiger partial charge on any atom is 0.261 e. The van der Waals surface area contributed by atoms with E-state index in [-0.39, 0.29) is 16.5 Å². The van der Waals surface area contributed by atoms with Gasteiger partial charge < -0.3 is 20.2 Å². The molecule has 2 amide bonds. The van der Waals surface area contributed by atoms with E-state index < -0.39 is 6.23 Å². The van der Waals surface area contributed by atoms with Crippen molar-refractivity contribution in [1.82, 2.24) is 9.88 Å². The number of benzene rings is 1. The van der Waals surface area contributed by atoms with Crippen molar-refractivity contribution in [3.8, 4) is 0 Å². The summed E-state index contributed by atoms with van der Waals surface area (Å²) in [4.78, 5) is 34.2. The van der Waals surface area contributed by atoms with Crippen LogP contribution in [0.1, 0.15) is 41.4 Å². The Hall–Kier alpha value is -2.55. The fourth-order valence-corrected chi connectivity index (χ4v) is 5.91. The molecule has 1 aromatic heterocycles. The number of amides is 2. The number of carbonyl (C=O) groups excluding carboxylic acids is 2. The van der Waals surface area contributed by atoms with E-state index in [2.05, 4.69) is 15.2 Å². The number of fused-ring (bicyclic) bond motifs is 1. The predicted molar refractivity (Wildman–Crippen MR) is 130 cm³/mol. The van der Waals surface area contributed by atoms with Crippen molar-refractivity contribution in [3.05, 3.63) is 64.8 Å². The van der Waals surface area contributed by atoms with Gasteiger partial charge >= 0.3 is 0 Å². The number of rotatable bonds is 5. The van der Waals surface area contributed by atoms with Crippen LogP contribution in [0.15, 0.2) is 53.7 Å². The van der Waals surface area contributed by atoms with Crippen LogP contribution >= 0.6 is 23.4 Å². The number of aromatic nitrogens is 1. The van der Waals surface area contributed by atoms with Crippen LogP contribution in [0.4, 0.5) is 11.4 Å². The first-order chi connectivity index (χ1) is 16.0. The first-order valence-electron chi connectivity index (χ1n) is 11.1. The number of aliphatic hydroxyl groups is 1. The highest BCUT2D eigenvalue weighted by atomic mass is 35.5. The molecule has 2 N–H and O–H groups in total. The van der Waals surface area contributed by atoms with Crippen molar-refractivity contribution >= 4 is 46.6 Å². The lowest BCUT2D eigenvalue weighted by Crippen LogP contribution is -2.40. The summed E-state index contributed by atoms with van der Waals surface area (Å²) in [6, 6.07) is 9.18. The molecule has 0 saturated carbocycles. The average Bonchev–Trinajstić information content (AvgIpc) is 3.38. The van der Waals surface area contributed by atoms with E-state index in [4.69, 9.17) is 11.6 Å². The molecule has 3 aliphatic rings. The van der Waals surface area contributed by atoms with Crippen molar-refractivity contribution in [2.24, 2.45) is 5.92 Å². The van der Waals surface area contributed by atoms with Gasteiger partial charge in [0.2, 0.25) is 0 Å². The summed E-state index contributed by atoms with van der Waals surface area (Å²) in [6.45, 7) is 2.28. The van der Waals surface area contributed by atoms with Crippen LogP contribution in [0.5, 0.6) is 0 Å². The molecule has 5 rings (SSSR count). The van der Waals surface area contributed by atoms with Crippen LogP contribution in [-0.2, 0) is 4.79 Å². The lowest BCUT2D eigenvalue weighted by molar-refractivity contribution is -0.112. The van der Waals surface area contributed by atoms with Gasteiger partial charge in [0.05, 0.1) is 9.61 Å². The molecule has 1 fully saturated rings. The number of aliphatic hydroxyl groups excluding tert-OH is 1. The number of pyridine rings is 1. The zero-order valence-electron chi connectivity index (χ0n) is 18.0. The van der Waals surface area contributed by atoms with Gasteiger partial charge in [-0.3, -0.25) is 14.6 Å². The van der Waals surface area contributed by atoms with E-state index in [1.807, 2.05) is 18.2 Å². The number of allylic oxidation sites excluding steroid dienone is 1. The number of hydrogen-bond acceptors (Lipinski definition) is 6. The molecule has 9 heteroatoms. The number of nitrogens with one attached hydrogen (secondary N) is 1. The van der Waals surface area contributed by atoms with Crippen LogP contribution in [0, 0.1) is 5.92 Å². The van der Waals surface area contributed by atoms with Gasteiger partial charge in [-0.05, 0) is 49.4 Å². The first kappa shape index (κ1) is 22.3. The fraction of sp³-hybridized carbons (Fsp3) is 0.375. The number of thioether (sulfide) groups is 1. The second-order valence-corrected chi connectivity index (χ2v) is 10.6. The number of piperidine rings is 1. The average molecular weight is 485 g/mol. The summed E-state index contributed by atoms with van der Waals surface area (Å²) in [7, 11) is 0. The van der Waals surface area contributed by atoms with Gasteiger partial charge in [-0.1, -0.05) is 12.1 Å². The molecule has 0 spiro atoms. The molecular formula is C24H25ClN4O3S. The zero-order chi connectivity index (χ0) is 22.9. The largest absolute Gasteiger partial charge is 0.371 e. The van der Waals surface area contributed by atoms with Gasteiger partial charge in [-0.25, -0.2) is 0 Å². The maximum atomic E-state index is 13.1. The molecule has 3 aliphatic heterocycles. The van der Waals surface area contributed by atoms with Gasteiger partial charge in [-0.2, -0.15) is 0 Å². The molecule has 7 nitrogen and oxygen atoms in total. The molecule has 1 saturated heterocycles. The van der Waals surface area contributed by atoms with E-state index in [0.717, 1.165) is 31.6 Å². The maximum absolute atomic E-state index is 13.1. The lowest BCUT2D eigenvalue weighted by Gasteiger charge is -2.35. The minimum absolute atomic E-state index is 0.139.